The number of amides is 1. The lowest BCUT2D eigenvalue weighted by molar-refractivity contribution is 0.0746. The van der Waals surface area contributed by atoms with E-state index in [2.05, 4.69) is 14.6 Å². The highest BCUT2D eigenvalue weighted by Crippen LogP contribution is 2.20. The van der Waals surface area contributed by atoms with Gasteiger partial charge in [-0.1, -0.05) is 23.2 Å². The van der Waals surface area contributed by atoms with Crippen molar-refractivity contribution < 1.29 is 13.2 Å². The average molecular weight is 491 g/mol. The summed E-state index contributed by atoms with van der Waals surface area (Å²) >= 11 is 11.7. The molecule has 0 atom stereocenters. The summed E-state index contributed by atoms with van der Waals surface area (Å²) < 4.78 is 27.7. The highest BCUT2D eigenvalue weighted by Gasteiger charge is 2.23. The predicted molar refractivity (Wildman–Crippen MR) is 126 cm³/mol. The Balaban J connectivity index is 1.39. The Morgan fingerprint density at radius 1 is 0.844 bits per heavy atom. The number of benzene rings is 2. The van der Waals surface area contributed by atoms with E-state index in [1.807, 2.05) is 6.07 Å². The Bertz CT molecular complexity index is 1190. The molecule has 2 aromatic carbocycles. The molecule has 10 heteroatoms. The number of aromatic nitrogens is 1. The van der Waals surface area contributed by atoms with Crippen LogP contribution in [0.15, 0.2) is 71.8 Å². The van der Waals surface area contributed by atoms with E-state index < -0.39 is 10.0 Å². The molecule has 4 rings (SSSR count). The number of rotatable bonds is 5. The molecule has 0 radical (unpaired) electrons. The van der Waals surface area contributed by atoms with E-state index in [-0.39, 0.29) is 10.8 Å². The normalized spacial score (nSPS) is 14.3. The van der Waals surface area contributed by atoms with Gasteiger partial charge >= 0.3 is 0 Å². The molecule has 0 spiro atoms. The minimum Gasteiger partial charge on any atom is -0.353 e. The average Bonchev–Trinajstić information content (AvgIpc) is 2.81. The molecule has 0 aliphatic carbocycles. The van der Waals surface area contributed by atoms with Gasteiger partial charge in [0.05, 0.1) is 9.92 Å². The Morgan fingerprint density at radius 3 is 2.06 bits per heavy atom. The SMILES string of the molecule is O=C(c1ccc(S(=O)(=O)Nc2ccc(Cl)cc2)cc1)N1CCN(c2ccc(Cl)cn2)CC1. The number of piperazine rings is 1. The number of halogens is 2. The third-order valence-corrected chi connectivity index (χ3v) is 6.98. The number of hydrogen-bond acceptors (Lipinski definition) is 5. The molecule has 1 fully saturated rings. The molecule has 1 N–H and O–H groups in total. The number of nitrogens with zero attached hydrogens (tertiary/aromatic N) is 3. The number of nitrogens with one attached hydrogen (secondary N) is 1. The van der Waals surface area contributed by atoms with Gasteiger partial charge in [0.2, 0.25) is 0 Å². The van der Waals surface area contributed by atoms with E-state index >= 15 is 0 Å². The molecule has 1 amide bonds. The zero-order valence-corrected chi connectivity index (χ0v) is 19.2. The molecule has 32 heavy (non-hydrogen) atoms. The van der Waals surface area contributed by atoms with Crippen LogP contribution in [0.3, 0.4) is 0 Å². The van der Waals surface area contributed by atoms with Gasteiger partial charge in [-0.05, 0) is 60.7 Å². The van der Waals surface area contributed by atoms with E-state index in [1.165, 1.54) is 24.3 Å². The van der Waals surface area contributed by atoms with E-state index in [0.717, 1.165) is 5.82 Å². The number of sulfonamides is 1. The molecular formula is C22H20Cl2N4O3S. The summed E-state index contributed by atoms with van der Waals surface area (Å²) in [7, 11) is -3.78. The molecule has 0 unspecified atom stereocenters. The van der Waals surface area contributed by atoms with Crippen LogP contribution in [-0.4, -0.2) is 50.4 Å². The van der Waals surface area contributed by atoms with Crippen molar-refractivity contribution in [3.8, 4) is 0 Å². The highest BCUT2D eigenvalue weighted by molar-refractivity contribution is 7.92. The number of carbonyl (C=O) groups excluding carboxylic acids is 1. The lowest BCUT2D eigenvalue weighted by Crippen LogP contribution is -2.49. The summed E-state index contributed by atoms with van der Waals surface area (Å²) in [4.78, 5) is 21.1. The predicted octanol–water partition coefficient (Wildman–Crippen LogP) is 4.15. The third kappa shape index (κ3) is 5.15. The minimum atomic E-state index is -3.78. The van der Waals surface area contributed by atoms with Crippen molar-refractivity contribution in [2.75, 3.05) is 35.8 Å². The molecule has 166 valence electrons. The van der Waals surface area contributed by atoms with Crippen LogP contribution < -0.4 is 9.62 Å². The van der Waals surface area contributed by atoms with E-state index in [4.69, 9.17) is 23.2 Å². The van der Waals surface area contributed by atoms with Crippen molar-refractivity contribution in [2.45, 2.75) is 4.90 Å². The second kappa shape index (κ2) is 9.36. The van der Waals surface area contributed by atoms with Crippen molar-refractivity contribution in [3.63, 3.8) is 0 Å². The number of pyridine rings is 1. The maximum absolute atomic E-state index is 12.9. The number of hydrogen-bond donors (Lipinski definition) is 1. The second-order valence-electron chi connectivity index (χ2n) is 7.25. The lowest BCUT2D eigenvalue weighted by Gasteiger charge is -2.35. The van der Waals surface area contributed by atoms with Gasteiger partial charge in [-0.15, -0.1) is 0 Å². The van der Waals surface area contributed by atoms with Gasteiger partial charge in [0.15, 0.2) is 0 Å². The monoisotopic (exact) mass is 490 g/mol. The Labute approximate surface area is 196 Å². The first-order chi connectivity index (χ1) is 15.3. The summed E-state index contributed by atoms with van der Waals surface area (Å²) in [6, 6.07) is 15.9. The smallest absolute Gasteiger partial charge is 0.261 e. The third-order valence-electron chi connectivity index (χ3n) is 5.11. The zero-order chi connectivity index (χ0) is 22.7. The van der Waals surface area contributed by atoms with Crippen molar-refractivity contribution in [3.05, 3.63) is 82.5 Å². The lowest BCUT2D eigenvalue weighted by atomic mass is 10.2. The second-order valence-corrected chi connectivity index (χ2v) is 9.81. The summed E-state index contributed by atoms with van der Waals surface area (Å²) in [5.41, 5.74) is 0.844. The first-order valence-corrected chi connectivity index (χ1v) is 12.1. The van der Waals surface area contributed by atoms with Gasteiger partial charge in [-0.2, -0.15) is 0 Å². The molecular weight excluding hydrogens is 471 g/mol. The fourth-order valence-electron chi connectivity index (χ4n) is 3.38. The maximum Gasteiger partial charge on any atom is 0.261 e. The fourth-order valence-corrected chi connectivity index (χ4v) is 4.68. The molecule has 0 saturated carbocycles. The summed E-state index contributed by atoms with van der Waals surface area (Å²) in [5.74, 6) is 0.688. The van der Waals surface area contributed by atoms with Gasteiger partial charge < -0.3 is 9.80 Å². The van der Waals surface area contributed by atoms with Crippen molar-refractivity contribution in [2.24, 2.45) is 0 Å². The topological polar surface area (TPSA) is 82.6 Å². The molecule has 7 nitrogen and oxygen atoms in total. The Kier molecular flexibility index (Phi) is 6.55. The van der Waals surface area contributed by atoms with Crippen LogP contribution >= 0.6 is 23.2 Å². The highest BCUT2D eigenvalue weighted by atomic mass is 35.5. The molecule has 1 aliphatic rings. The van der Waals surface area contributed by atoms with Gasteiger partial charge in [-0.25, -0.2) is 13.4 Å². The van der Waals surface area contributed by atoms with Crippen LogP contribution in [0, 0.1) is 0 Å². The van der Waals surface area contributed by atoms with Crippen LogP contribution in [0.4, 0.5) is 11.5 Å². The van der Waals surface area contributed by atoms with Crippen LogP contribution in [0.1, 0.15) is 10.4 Å². The Morgan fingerprint density at radius 2 is 1.47 bits per heavy atom. The molecule has 0 bridgehead atoms. The van der Waals surface area contributed by atoms with Gasteiger partial charge in [0.25, 0.3) is 15.9 Å². The van der Waals surface area contributed by atoms with Crippen molar-refractivity contribution >= 4 is 50.6 Å². The van der Waals surface area contributed by atoms with Crippen LogP contribution in [0.25, 0.3) is 0 Å². The quantitative estimate of drug-likeness (QED) is 0.580. The number of anilines is 2. The van der Waals surface area contributed by atoms with Crippen LogP contribution in [-0.2, 0) is 10.0 Å². The first-order valence-electron chi connectivity index (χ1n) is 9.86. The Hall–Kier alpha value is -2.81. The van der Waals surface area contributed by atoms with Crippen LogP contribution in [0.5, 0.6) is 0 Å². The number of carbonyl (C=O) groups is 1. The molecule has 1 aliphatic heterocycles. The van der Waals surface area contributed by atoms with E-state index in [1.54, 1.807) is 41.4 Å². The molecule has 1 saturated heterocycles. The fraction of sp³-hybridized carbons (Fsp3) is 0.182. The maximum atomic E-state index is 12.9. The summed E-state index contributed by atoms with van der Waals surface area (Å²) in [5, 5.41) is 1.09. The van der Waals surface area contributed by atoms with Crippen molar-refractivity contribution in [1.29, 1.82) is 0 Å². The van der Waals surface area contributed by atoms with Gasteiger partial charge in [0.1, 0.15) is 5.82 Å². The minimum absolute atomic E-state index is 0.0719. The summed E-state index contributed by atoms with van der Waals surface area (Å²) in [6.45, 7) is 2.39. The van der Waals surface area contributed by atoms with Gasteiger partial charge in [0, 0.05) is 48.6 Å². The standard InChI is InChI=1S/C22H20Cl2N4O3S/c23-17-3-6-19(7-4-17)26-32(30,31)20-8-1-16(2-9-20)22(29)28-13-11-27(12-14-28)21-10-5-18(24)15-25-21/h1-10,15,26H,11-14H2. The largest absolute Gasteiger partial charge is 0.353 e. The molecule has 3 aromatic rings. The van der Waals surface area contributed by atoms with Crippen LogP contribution in [0.2, 0.25) is 10.0 Å². The molecule has 2 heterocycles. The first kappa shape index (κ1) is 22.4. The summed E-state index contributed by atoms with van der Waals surface area (Å²) in [6.07, 6.45) is 1.60. The van der Waals surface area contributed by atoms with Gasteiger partial charge in [-0.3, -0.25) is 9.52 Å². The van der Waals surface area contributed by atoms with E-state index in [9.17, 15) is 13.2 Å². The van der Waals surface area contributed by atoms with Crippen molar-refractivity contribution in [1.82, 2.24) is 9.88 Å². The zero-order valence-electron chi connectivity index (χ0n) is 16.9. The molecule has 1 aromatic heterocycles. The van der Waals surface area contributed by atoms with E-state index in [0.29, 0.717) is 47.5 Å².